The molecular formula is C14H18F5N5O2S. The first-order chi connectivity index (χ1) is 12.5. The van der Waals surface area contributed by atoms with Gasteiger partial charge in [0.15, 0.2) is 5.69 Å². The largest absolute Gasteiger partial charge is 0.435 e. The maximum Gasteiger partial charge on any atom is 0.435 e. The molecule has 0 unspecified atom stereocenters. The van der Waals surface area contributed by atoms with Gasteiger partial charge < -0.3 is 0 Å². The van der Waals surface area contributed by atoms with Crippen LogP contribution in [0.1, 0.15) is 43.7 Å². The summed E-state index contributed by atoms with van der Waals surface area (Å²) in [5.74, 6) is 0. The third-order valence-electron chi connectivity index (χ3n) is 3.89. The highest BCUT2D eigenvalue weighted by molar-refractivity contribution is 7.89. The molecular weight excluding hydrogens is 397 g/mol. The number of halogens is 5. The zero-order valence-electron chi connectivity index (χ0n) is 14.4. The SMILES string of the molecule is CC[C@@H](CCNS(=O)(=O)c1cnn(C(F)F)c1)n1nc(C(F)(F)F)cc1C. The fraction of sp³-hybridized carbons (Fsp3) is 0.571. The number of rotatable bonds is 8. The van der Waals surface area contributed by atoms with E-state index in [-0.39, 0.29) is 17.6 Å². The fourth-order valence-corrected chi connectivity index (χ4v) is 3.49. The van der Waals surface area contributed by atoms with Crippen LogP contribution in [0.5, 0.6) is 0 Å². The van der Waals surface area contributed by atoms with E-state index in [1.165, 1.54) is 11.6 Å². The Kier molecular flexibility index (Phi) is 6.24. The summed E-state index contributed by atoms with van der Waals surface area (Å²) in [6.45, 7) is 0.138. The first-order valence-corrected chi connectivity index (χ1v) is 9.39. The van der Waals surface area contributed by atoms with E-state index in [9.17, 15) is 30.4 Å². The van der Waals surface area contributed by atoms with Crippen molar-refractivity contribution in [2.75, 3.05) is 6.54 Å². The topological polar surface area (TPSA) is 81.8 Å². The number of aromatic nitrogens is 4. The Labute approximate surface area is 152 Å². The van der Waals surface area contributed by atoms with Gasteiger partial charge in [0.2, 0.25) is 10.0 Å². The third kappa shape index (κ3) is 5.03. The summed E-state index contributed by atoms with van der Waals surface area (Å²) < 4.78 is 91.1. The average molecular weight is 415 g/mol. The van der Waals surface area contributed by atoms with Gasteiger partial charge in [0.1, 0.15) is 4.90 Å². The van der Waals surface area contributed by atoms with Gasteiger partial charge in [0, 0.05) is 12.2 Å². The van der Waals surface area contributed by atoms with Crippen molar-refractivity contribution in [3.8, 4) is 0 Å². The molecule has 0 saturated carbocycles. The first-order valence-electron chi connectivity index (χ1n) is 7.91. The molecule has 1 N–H and O–H groups in total. The number of hydrogen-bond donors (Lipinski definition) is 1. The van der Waals surface area contributed by atoms with Crippen LogP contribution < -0.4 is 4.72 Å². The Morgan fingerprint density at radius 1 is 1.30 bits per heavy atom. The Bertz CT molecular complexity index is 875. The molecule has 0 bridgehead atoms. The maximum absolute atomic E-state index is 12.8. The van der Waals surface area contributed by atoms with Crippen LogP contribution in [0.3, 0.4) is 0 Å². The van der Waals surface area contributed by atoms with Gasteiger partial charge in [-0.15, -0.1) is 0 Å². The molecule has 0 amide bonds. The lowest BCUT2D eigenvalue weighted by Gasteiger charge is -2.17. The standard InChI is InChI=1S/C14H18F5N5O2S/c1-3-10(24-9(2)6-12(22-24)14(17,18)19)4-5-21-27(25,26)11-7-20-23(8-11)13(15)16/h6-8,10,13,21H,3-5H2,1-2H3/t10-/m0/s1. The van der Waals surface area contributed by atoms with Gasteiger partial charge in [-0.25, -0.2) is 17.8 Å². The summed E-state index contributed by atoms with van der Waals surface area (Å²) in [4.78, 5) is -0.425. The minimum absolute atomic E-state index is 0.110. The van der Waals surface area contributed by atoms with Gasteiger partial charge in [-0.3, -0.25) is 4.68 Å². The molecule has 1 atom stereocenters. The predicted molar refractivity (Wildman–Crippen MR) is 84.6 cm³/mol. The van der Waals surface area contributed by atoms with Crippen LogP contribution in [0.4, 0.5) is 22.0 Å². The Balaban J connectivity index is 2.05. The lowest BCUT2D eigenvalue weighted by molar-refractivity contribution is -0.141. The van der Waals surface area contributed by atoms with Crippen LogP contribution in [0.25, 0.3) is 0 Å². The second kappa shape index (κ2) is 7.92. The molecule has 152 valence electrons. The smallest absolute Gasteiger partial charge is 0.266 e. The second-order valence-electron chi connectivity index (χ2n) is 5.80. The van der Waals surface area contributed by atoms with E-state index in [4.69, 9.17) is 0 Å². The Hall–Kier alpha value is -2.02. The van der Waals surface area contributed by atoms with E-state index in [1.807, 2.05) is 0 Å². The van der Waals surface area contributed by atoms with E-state index in [0.717, 1.165) is 12.3 Å². The maximum atomic E-state index is 12.8. The molecule has 27 heavy (non-hydrogen) atoms. The molecule has 0 spiro atoms. The molecule has 2 aromatic heterocycles. The van der Waals surface area contributed by atoms with Crippen molar-refractivity contribution in [2.24, 2.45) is 0 Å². The summed E-state index contributed by atoms with van der Waals surface area (Å²) >= 11 is 0. The van der Waals surface area contributed by atoms with Crippen LogP contribution in [-0.4, -0.2) is 34.5 Å². The van der Waals surface area contributed by atoms with Gasteiger partial charge >= 0.3 is 12.7 Å². The Morgan fingerprint density at radius 2 is 1.96 bits per heavy atom. The van der Waals surface area contributed by atoms with Crippen molar-refractivity contribution in [1.82, 2.24) is 24.3 Å². The summed E-state index contributed by atoms with van der Waals surface area (Å²) in [6.07, 6.45) is -2.50. The van der Waals surface area contributed by atoms with Crippen molar-refractivity contribution in [3.63, 3.8) is 0 Å². The highest BCUT2D eigenvalue weighted by atomic mass is 32.2. The van der Waals surface area contributed by atoms with E-state index in [2.05, 4.69) is 14.9 Å². The van der Waals surface area contributed by atoms with Crippen molar-refractivity contribution >= 4 is 10.0 Å². The molecule has 0 aliphatic heterocycles. The monoisotopic (exact) mass is 415 g/mol. The van der Waals surface area contributed by atoms with Gasteiger partial charge in [0.05, 0.1) is 18.4 Å². The van der Waals surface area contributed by atoms with E-state index < -0.39 is 39.4 Å². The zero-order chi connectivity index (χ0) is 20.4. The van der Waals surface area contributed by atoms with Gasteiger partial charge in [-0.2, -0.15) is 32.1 Å². The summed E-state index contributed by atoms with van der Waals surface area (Å²) in [7, 11) is -4.06. The minimum Gasteiger partial charge on any atom is -0.266 e. The normalized spacial score (nSPS) is 14.1. The number of sulfonamides is 1. The lowest BCUT2D eigenvalue weighted by atomic mass is 10.1. The van der Waals surface area contributed by atoms with Crippen LogP contribution in [0.15, 0.2) is 23.4 Å². The number of alkyl halides is 5. The molecule has 7 nitrogen and oxygen atoms in total. The number of aryl methyl sites for hydroxylation is 1. The van der Waals surface area contributed by atoms with Crippen LogP contribution in [0, 0.1) is 6.92 Å². The highest BCUT2D eigenvalue weighted by Crippen LogP contribution is 2.30. The molecule has 13 heteroatoms. The molecule has 2 heterocycles. The zero-order valence-corrected chi connectivity index (χ0v) is 15.2. The molecule has 0 aliphatic carbocycles. The first kappa shape index (κ1) is 21.3. The molecule has 2 aromatic rings. The van der Waals surface area contributed by atoms with Gasteiger partial charge in [-0.05, 0) is 25.8 Å². The molecule has 0 saturated heterocycles. The Morgan fingerprint density at radius 3 is 2.44 bits per heavy atom. The molecule has 2 rings (SSSR count). The van der Waals surface area contributed by atoms with Crippen molar-refractivity contribution in [3.05, 3.63) is 29.8 Å². The van der Waals surface area contributed by atoms with E-state index in [1.54, 1.807) is 6.92 Å². The molecule has 0 aliphatic rings. The van der Waals surface area contributed by atoms with E-state index in [0.29, 0.717) is 18.3 Å². The number of nitrogens with zero attached hydrogens (tertiary/aromatic N) is 4. The van der Waals surface area contributed by atoms with Crippen molar-refractivity contribution < 1.29 is 30.4 Å². The van der Waals surface area contributed by atoms with Crippen LogP contribution in [0.2, 0.25) is 0 Å². The second-order valence-corrected chi connectivity index (χ2v) is 7.56. The predicted octanol–water partition coefficient (Wildman–Crippen LogP) is 3.12. The molecule has 0 radical (unpaired) electrons. The quantitative estimate of drug-likeness (QED) is 0.672. The minimum atomic E-state index is -4.57. The fourth-order valence-electron chi connectivity index (χ4n) is 2.50. The highest BCUT2D eigenvalue weighted by Gasteiger charge is 2.35. The summed E-state index contributed by atoms with van der Waals surface area (Å²) in [5, 5.41) is 6.82. The summed E-state index contributed by atoms with van der Waals surface area (Å²) in [5.41, 5.74) is -0.714. The number of hydrogen-bond acceptors (Lipinski definition) is 4. The number of nitrogens with one attached hydrogen (secondary N) is 1. The molecule has 0 fully saturated rings. The summed E-state index contributed by atoms with van der Waals surface area (Å²) in [6, 6.07) is 0.457. The lowest BCUT2D eigenvalue weighted by Crippen LogP contribution is -2.27. The molecule has 0 aromatic carbocycles. The van der Waals surface area contributed by atoms with Crippen LogP contribution in [-0.2, 0) is 16.2 Å². The third-order valence-corrected chi connectivity index (χ3v) is 5.30. The van der Waals surface area contributed by atoms with Crippen LogP contribution >= 0.6 is 0 Å². The van der Waals surface area contributed by atoms with Gasteiger partial charge in [0.25, 0.3) is 0 Å². The van der Waals surface area contributed by atoms with Gasteiger partial charge in [-0.1, -0.05) is 6.92 Å². The van der Waals surface area contributed by atoms with E-state index >= 15 is 0 Å². The van der Waals surface area contributed by atoms with Crippen molar-refractivity contribution in [1.29, 1.82) is 0 Å². The van der Waals surface area contributed by atoms with Crippen molar-refractivity contribution in [2.45, 2.75) is 50.4 Å². The average Bonchev–Trinajstić information content (AvgIpc) is 3.18.